The van der Waals surface area contributed by atoms with Crippen LogP contribution in [0.1, 0.15) is 36.2 Å². The lowest BCUT2D eigenvalue weighted by atomic mass is 10.0. The number of hydrogen-bond donors (Lipinski definition) is 0. The molecular weight excluding hydrogens is 344 g/mol. The van der Waals surface area contributed by atoms with Gasteiger partial charge in [0, 0.05) is 16.7 Å². The van der Waals surface area contributed by atoms with Crippen LogP contribution < -0.4 is 4.74 Å². The lowest BCUT2D eigenvalue weighted by Crippen LogP contribution is -2.20. The Bertz CT molecular complexity index is 765. The van der Waals surface area contributed by atoms with Crippen molar-refractivity contribution >= 4 is 11.8 Å². The summed E-state index contributed by atoms with van der Waals surface area (Å²) in [5.74, 6) is 0.138. The Morgan fingerprint density at radius 2 is 1.59 bits per heavy atom. The summed E-state index contributed by atoms with van der Waals surface area (Å²) in [6.07, 6.45) is 0.0378. The Morgan fingerprint density at radius 1 is 0.963 bits per heavy atom. The van der Waals surface area contributed by atoms with E-state index in [2.05, 4.69) is 6.58 Å². The van der Waals surface area contributed by atoms with Crippen molar-refractivity contribution in [3.05, 3.63) is 77.9 Å². The van der Waals surface area contributed by atoms with Gasteiger partial charge in [0.05, 0.1) is 6.61 Å². The first-order chi connectivity index (χ1) is 13.0. The van der Waals surface area contributed by atoms with Crippen LogP contribution in [0, 0.1) is 0 Å². The van der Waals surface area contributed by atoms with Gasteiger partial charge in [-0.05, 0) is 37.6 Å². The monoisotopic (exact) mass is 368 g/mol. The van der Waals surface area contributed by atoms with Crippen molar-refractivity contribution in [1.29, 1.82) is 0 Å². The molecule has 2 aromatic carbocycles. The standard InChI is InChI=1S/C22H24O5/c1-4-16(2)22(24)26-15-14-25-17(3)27-20-12-10-19(11-13-20)21(23)18-8-6-5-7-9-18/h5-13,17H,2,4,14-15H2,1,3H3. The first-order valence-corrected chi connectivity index (χ1v) is 8.84. The summed E-state index contributed by atoms with van der Waals surface area (Å²) in [5, 5.41) is 0. The summed E-state index contributed by atoms with van der Waals surface area (Å²) in [4.78, 5) is 23.8. The third-order valence-corrected chi connectivity index (χ3v) is 3.84. The number of ketones is 1. The van der Waals surface area contributed by atoms with Gasteiger partial charge < -0.3 is 14.2 Å². The Balaban J connectivity index is 1.78. The molecule has 1 atom stereocenters. The third-order valence-electron chi connectivity index (χ3n) is 3.84. The molecule has 0 heterocycles. The normalized spacial score (nSPS) is 11.5. The molecule has 0 spiro atoms. The highest BCUT2D eigenvalue weighted by Crippen LogP contribution is 2.17. The molecule has 5 nitrogen and oxygen atoms in total. The zero-order valence-corrected chi connectivity index (χ0v) is 15.6. The fourth-order valence-corrected chi connectivity index (χ4v) is 2.26. The second kappa shape index (κ2) is 10.3. The average molecular weight is 368 g/mol. The van der Waals surface area contributed by atoms with Gasteiger partial charge in [0.2, 0.25) is 0 Å². The highest BCUT2D eigenvalue weighted by atomic mass is 16.7. The number of carbonyl (C=O) groups excluding carboxylic acids is 2. The molecule has 142 valence electrons. The van der Waals surface area contributed by atoms with Gasteiger partial charge in [-0.25, -0.2) is 4.79 Å². The second-order valence-corrected chi connectivity index (χ2v) is 5.87. The van der Waals surface area contributed by atoms with Gasteiger partial charge in [-0.2, -0.15) is 0 Å². The minimum absolute atomic E-state index is 0.0399. The predicted octanol–water partition coefficient (Wildman–Crippen LogP) is 4.17. The van der Waals surface area contributed by atoms with Gasteiger partial charge in [-0.1, -0.05) is 43.8 Å². The van der Waals surface area contributed by atoms with Gasteiger partial charge in [-0.3, -0.25) is 4.79 Å². The van der Waals surface area contributed by atoms with Gasteiger partial charge in [0.15, 0.2) is 12.1 Å². The van der Waals surface area contributed by atoms with E-state index < -0.39 is 12.3 Å². The molecule has 0 saturated heterocycles. The molecule has 0 aliphatic heterocycles. The summed E-state index contributed by atoms with van der Waals surface area (Å²) >= 11 is 0. The maximum Gasteiger partial charge on any atom is 0.333 e. The molecule has 2 aromatic rings. The van der Waals surface area contributed by atoms with E-state index >= 15 is 0 Å². The summed E-state index contributed by atoms with van der Waals surface area (Å²) < 4.78 is 16.1. The van der Waals surface area contributed by atoms with Crippen LogP contribution in [0.15, 0.2) is 66.7 Å². The Morgan fingerprint density at radius 3 is 2.22 bits per heavy atom. The lowest BCUT2D eigenvalue weighted by Gasteiger charge is -2.16. The van der Waals surface area contributed by atoms with Crippen LogP contribution in [0.4, 0.5) is 0 Å². The van der Waals surface area contributed by atoms with Gasteiger partial charge in [0.25, 0.3) is 0 Å². The Labute approximate surface area is 159 Å². The van der Waals surface area contributed by atoms with Crippen LogP contribution in [0.25, 0.3) is 0 Å². The van der Waals surface area contributed by atoms with E-state index in [0.29, 0.717) is 28.9 Å². The molecule has 0 aromatic heterocycles. The van der Waals surface area contributed by atoms with Crippen molar-refractivity contribution in [2.75, 3.05) is 13.2 Å². The molecule has 2 rings (SSSR count). The van der Waals surface area contributed by atoms with Gasteiger partial charge in [-0.15, -0.1) is 0 Å². The van der Waals surface area contributed by atoms with E-state index in [4.69, 9.17) is 14.2 Å². The van der Waals surface area contributed by atoms with Crippen LogP contribution in [0.5, 0.6) is 5.75 Å². The highest BCUT2D eigenvalue weighted by Gasteiger charge is 2.10. The van der Waals surface area contributed by atoms with Crippen LogP contribution in [0.3, 0.4) is 0 Å². The number of esters is 1. The number of carbonyl (C=O) groups is 2. The molecule has 0 saturated carbocycles. The molecule has 0 radical (unpaired) electrons. The van der Waals surface area contributed by atoms with E-state index in [0.717, 1.165) is 0 Å². The lowest BCUT2D eigenvalue weighted by molar-refractivity contribution is -0.144. The largest absolute Gasteiger partial charge is 0.465 e. The van der Waals surface area contributed by atoms with Crippen LogP contribution in [-0.2, 0) is 14.3 Å². The number of ether oxygens (including phenoxy) is 3. The fourth-order valence-electron chi connectivity index (χ4n) is 2.26. The van der Waals surface area contributed by atoms with Gasteiger partial charge in [0.1, 0.15) is 12.4 Å². The van der Waals surface area contributed by atoms with Crippen molar-refractivity contribution < 1.29 is 23.8 Å². The van der Waals surface area contributed by atoms with Crippen molar-refractivity contribution in [3.63, 3.8) is 0 Å². The van der Waals surface area contributed by atoms with E-state index in [9.17, 15) is 9.59 Å². The van der Waals surface area contributed by atoms with Crippen molar-refractivity contribution in [1.82, 2.24) is 0 Å². The second-order valence-electron chi connectivity index (χ2n) is 5.87. The Hall–Kier alpha value is -2.92. The van der Waals surface area contributed by atoms with Gasteiger partial charge >= 0.3 is 5.97 Å². The minimum atomic E-state index is -0.520. The zero-order chi connectivity index (χ0) is 19.6. The number of benzene rings is 2. The first kappa shape index (κ1) is 20.4. The van der Waals surface area contributed by atoms with Crippen molar-refractivity contribution in [2.24, 2.45) is 0 Å². The zero-order valence-electron chi connectivity index (χ0n) is 15.6. The predicted molar refractivity (Wildman–Crippen MR) is 103 cm³/mol. The molecule has 0 N–H and O–H groups in total. The topological polar surface area (TPSA) is 61.8 Å². The molecule has 5 heteroatoms. The fraction of sp³-hybridized carbons (Fsp3) is 0.273. The maximum absolute atomic E-state index is 12.4. The minimum Gasteiger partial charge on any atom is -0.465 e. The van der Waals surface area contributed by atoms with E-state index in [1.807, 2.05) is 25.1 Å². The summed E-state index contributed by atoms with van der Waals surface area (Å²) in [7, 11) is 0. The maximum atomic E-state index is 12.4. The van der Waals surface area contributed by atoms with E-state index in [1.54, 1.807) is 43.3 Å². The summed E-state index contributed by atoms with van der Waals surface area (Å²) in [6, 6.07) is 16.0. The molecular formula is C22H24O5. The van der Waals surface area contributed by atoms with Crippen molar-refractivity contribution in [3.8, 4) is 5.75 Å². The quantitative estimate of drug-likeness (QED) is 0.207. The van der Waals surface area contributed by atoms with Crippen molar-refractivity contribution in [2.45, 2.75) is 26.6 Å². The first-order valence-electron chi connectivity index (χ1n) is 8.84. The van der Waals surface area contributed by atoms with E-state index in [-0.39, 0.29) is 19.0 Å². The van der Waals surface area contributed by atoms with Crippen LogP contribution >= 0.6 is 0 Å². The molecule has 0 amide bonds. The number of rotatable bonds is 10. The molecule has 0 aliphatic carbocycles. The molecule has 27 heavy (non-hydrogen) atoms. The summed E-state index contributed by atoms with van der Waals surface area (Å²) in [5.41, 5.74) is 1.66. The molecule has 0 bridgehead atoms. The van der Waals surface area contributed by atoms with Crippen LogP contribution in [-0.4, -0.2) is 31.3 Å². The summed E-state index contributed by atoms with van der Waals surface area (Å²) in [6.45, 7) is 7.56. The highest BCUT2D eigenvalue weighted by molar-refractivity contribution is 6.08. The SMILES string of the molecule is C=C(CC)C(=O)OCCOC(C)Oc1ccc(C(=O)c2ccccc2)cc1. The Kier molecular flexibility index (Phi) is 7.77. The molecule has 0 aliphatic rings. The molecule has 1 unspecified atom stereocenters. The smallest absolute Gasteiger partial charge is 0.333 e. The average Bonchev–Trinajstić information content (AvgIpc) is 2.71. The number of hydrogen-bond acceptors (Lipinski definition) is 5. The molecule has 0 fully saturated rings. The van der Waals surface area contributed by atoms with E-state index in [1.165, 1.54) is 0 Å². The van der Waals surface area contributed by atoms with Crippen LogP contribution in [0.2, 0.25) is 0 Å². The third kappa shape index (κ3) is 6.38.